The minimum atomic E-state index is -0.198. The highest BCUT2D eigenvalue weighted by atomic mass is 32.1. The summed E-state index contributed by atoms with van der Waals surface area (Å²) in [5.74, 6) is -0.00305. The van der Waals surface area contributed by atoms with E-state index in [4.69, 9.17) is 4.74 Å². The maximum Gasteiger partial charge on any atom is 0.322 e. The van der Waals surface area contributed by atoms with E-state index >= 15 is 0 Å². The molecule has 2 N–H and O–H groups in total. The van der Waals surface area contributed by atoms with E-state index in [9.17, 15) is 9.59 Å². The molecular weight excluding hydrogens is 364 g/mol. The molecule has 8 heteroatoms. The molecule has 3 rings (SSSR count). The Morgan fingerprint density at radius 1 is 1.44 bits per heavy atom. The third-order valence-corrected chi connectivity index (χ3v) is 5.37. The fourth-order valence-electron chi connectivity index (χ4n) is 3.25. The van der Waals surface area contributed by atoms with E-state index in [2.05, 4.69) is 16.4 Å². The van der Waals surface area contributed by atoms with Crippen LogP contribution in [0, 0.1) is 13.8 Å². The molecule has 0 aromatic carbocycles. The molecule has 1 saturated heterocycles. The number of carbonyl (C=O) groups is 2. The zero-order chi connectivity index (χ0) is 19.4. The van der Waals surface area contributed by atoms with Crippen molar-refractivity contribution in [3.63, 3.8) is 0 Å². The van der Waals surface area contributed by atoms with Gasteiger partial charge in [-0.3, -0.25) is 4.79 Å². The van der Waals surface area contributed by atoms with Crippen LogP contribution in [0.4, 0.5) is 10.5 Å². The highest BCUT2D eigenvalue weighted by Gasteiger charge is 2.27. The van der Waals surface area contributed by atoms with Crippen LogP contribution in [0.15, 0.2) is 22.9 Å². The summed E-state index contributed by atoms with van der Waals surface area (Å²) < 4.78 is 5.83. The molecule has 0 bridgehead atoms. The van der Waals surface area contributed by atoms with Gasteiger partial charge >= 0.3 is 6.03 Å². The maximum atomic E-state index is 12.4. The van der Waals surface area contributed by atoms with E-state index in [1.165, 1.54) is 11.3 Å². The maximum absolute atomic E-state index is 12.4. The van der Waals surface area contributed by atoms with Crippen molar-refractivity contribution in [1.82, 2.24) is 14.8 Å². The number of nitrogens with zero attached hydrogens (tertiary/aromatic N) is 2. The van der Waals surface area contributed by atoms with Gasteiger partial charge in [0.25, 0.3) is 0 Å². The van der Waals surface area contributed by atoms with Gasteiger partial charge in [-0.1, -0.05) is 0 Å². The molecule has 3 heterocycles. The number of aromatic amines is 1. The van der Waals surface area contributed by atoms with Crippen molar-refractivity contribution in [2.24, 2.45) is 0 Å². The molecule has 2 aromatic rings. The topological polar surface area (TPSA) is 77.7 Å². The smallest absolute Gasteiger partial charge is 0.322 e. The van der Waals surface area contributed by atoms with Gasteiger partial charge in [0.1, 0.15) is 0 Å². The Labute approximate surface area is 163 Å². The summed E-state index contributed by atoms with van der Waals surface area (Å²) in [6, 6.07) is 3.81. The van der Waals surface area contributed by atoms with Gasteiger partial charge in [-0.15, -0.1) is 0 Å². The van der Waals surface area contributed by atoms with E-state index in [1.54, 1.807) is 16.7 Å². The molecule has 1 atom stereocenters. The number of hydrogen-bond donors (Lipinski definition) is 2. The van der Waals surface area contributed by atoms with Crippen LogP contribution >= 0.6 is 11.3 Å². The third-order valence-electron chi connectivity index (χ3n) is 4.69. The monoisotopic (exact) mass is 390 g/mol. The summed E-state index contributed by atoms with van der Waals surface area (Å²) in [6.45, 7) is 8.05. The fourth-order valence-corrected chi connectivity index (χ4v) is 3.84. The van der Waals surface area contributed by atoms with Crippen molar-refractivity contribution in [3.05, 3.63) is 39.8 Å². The first-order chi connectivity index (χ1) is 12.9. The number of amides is 3. The molecule has 1 aliphatic heterocycles. The van der Waals surface area contributed by atoms with Gasteiger partial charge in [-0.25, -0.2) is 4.79 Å². The number of ether oxygens (including phenoxy) is 1. The van der Waals surface area contributed by atoms with Crippen LogP contribution in [-0.2, 0) is 16.1 Å². The summed E-state index contributed by atoms with van der Waals surface area (Å²) in [4.78, 5) is 31.4. The van der Waals surface area contributed by atoms with Crippen molar-refractivity contribution < 1.29 is 14.3 Å². The van der Waals surface area contributed by atoms with Crippen molar-refractivity contribution in [1.29, 1.82) is 0 Å². The predicted molar refractivity (Wildman–Crippen MR) is 106 cm³/mol. The number of nitrogens with one attached hydrogen (secondary N) is 2. The summed E-state index contributed by atoms with van der Waals surface area (Å²) in [5.41, 5.74) is 4.05. The number of aryl methyl sites for hydroxylation is 2. The predicted octanol–water partition coefficient (Wildman–Crippen LogP) is 2.97. The summed E-state index contributed by atoms with van der Waals surface area (Å²) in [6.07, 6.45) is -0.198. The van der Waals surface area contributed by atoms with E-state index < -0.39 is 0 Å². The number of H-pyrrole nitrogens is 1. The molecule has 1 fully saturated rings. The number of anilines is 1. The minimum Gasteiger partial charge on any atom is -0.373 e. The SMILES string of the molecule is CC(=O)N(Cc1cc(C)[nH]c1C)C[C@@H]1CN(C(=O)Nc2ccsc2)CCO1. The van der Waals surface area contributed by atoms with Crippen LogP contribution in [-0.4, -0.2) is 59.1 Å². The third kappa shape index (κ3) is 5.11. The van der Waals surface area contributed by atoms with E-state index in [-0.39, 0.29) is 18.0 Å². The van der Waals surface area contributed by atoms with Gasteiger partial charge in [-0.2, -0.15) is 11.3 Å². The molecule has 0 aliphatic carbocycles. The molecule has 3 amide bonds. The summed E-state index contributed by atoms with van der Waals surface area (Å²) >= 11 is 1.54. The second-order valence-corrected chi connectivity index (χ2v) is 7.66. The van der Waals surface area contributed by atoms with E-state index in [1.807, 2.05) is 30.7 Å². The molecule has 27 heavy (non-hydrogen) atoms. The molecule has 1 aliphatic rings. The van der Waals surface area contributed by atoms with Gasteiger partial charge in [0, 0.05) is 43.3 Å². The lowest BCUT2D eigenvalue weighted by molar-refractivity contribution is -0.132. The molecule has 7 nitrogen and oxygen atoms in total. The van der Waals surface area contributed by atoms with Crippen LogP contribution in [0.2, 0.25) is 0 Å². The number of thiophene rings is 1. The Balaban J connectivity index is 1.59. The molecule has 0 unspecified atom stereocenters. The molecule has 146 valence electrons. The van der Waals surface area contributed by atoms with Gasteiger partial charge in [0.2, 0.25) is 5.91 Å². The number of morpholine rings is 1. The van der Waals surface area contributed by atoms with Gasteiger partial charge < -0.3 is 24.8 Å². The first-order valence-corrected chi connectivity index (χ1v) is 9.97. The molecule has 2 aromatic heterocycles. The normalized spacial score (nSPS) is 17.0. The average Bonchev–Trinajstić information content (AvgIpc) is 3.24. The zero-order valence-corrected chi connectivity index (χ0v) is 16.8. The van der Waals surface area contributed by atoms with Crippen LogP contribution in [0.25, 0.3) is 0 Å². The standard InChI is InChI=1S/C19H26N4O3S/c1-13-8-16(14(2)20-13)9-23(15(3)24)11-18-10-22(5-6-26-18)19(25)21-17-4-7-27-12-17/h4,7-8,12,18,20H,5-6,9-11H2,1-3H3,(H,21,25)/t18-/m0/s1. The highest BCUT2D eigenvalue weighted by molar-refractivity contribution is 7.08. The van der Waals surface area contributed by atoms with Crippen molar-refractivity contribution in [2.75, 3.05) is 31.6 Å². The van der Waals surface area contributed by atoms with Gasteiger partial charge in [0.15, 0.2) is 0 Å². The number of rotatable bonds is 5. The van der Waals surface area contributed by atoms with E-state index in [0.29, 0.717) is 32.8 Å². The quantitative estimate of drug-likeness (QED) is 0.824. The Bertz CT molecular complexity index is 787. The number of carbonyl (C=O) groups excluding carboxylic acids is 2. The first-order valence-electron chi connectivity index (χ1n) is 9.02. The largest absolute Gasteiger partial charge is 0.373 e. The second-order valence-electron chi connectivity index (χ2n) is 6.88. The Morgan fingerprint density at radius 3 is 2.89 bits per heavy atom. The second kappa shape index (κ2) is 8.58. The lowest BCUT2D eigenvalue weighted by Gasteiger charge is -2.35. The van der Waals surface area contributed by atoms with Crippen LogP contribution in [0.5, 0.6) is 0 Å². The van der Waals surface area contributed by atoms with Crippen LogP contribution < -0.4 is 5.32 Å². The minimum absolute atomic E-state index is 0.00305. The average molecular weight is 391 g/mol. The fraction of sp³-hybridized carbons (Fsp3) is 0.474. The van der Waals surface area contributed by atoms with Gasteiger partial charge in [-0.05, 0) is 36.9 Å². The highest BCUT2D eigenvalue weighted by Crippen LogP contribution is 2.16. The number of urea groups is 1. The summed E-state index contributed by atoms with van der Waals surface area (Å²) in [5, 5.41) is 6.72. The zero-order valence-electron chi connectivity index (χ0n) is 15.9. The molecule has 0 saturated carbocycles. The Morgan fingerprint density at radius 2 is 2.26 bits per heavy atom. The molecule has 0 spiro atoms. The summed E-state index contributed by atoms with van der Waals surface area (Å²) in [7, 11) is 0. The van der Waals surface area contributed by atoms with Crippen molar-refractivity contribution >= 4 is 29.0 Å². The van der Waals surface area contributed by atoms with E-state index in [0.717, 1.165) is 22.6 Å². The van der Waals surface area contributed by atoms with Crippen molar-refractivity contribution in [3.8, 4) is 0 Å². The molecule has 0 radical (unpaired) electrons. The van der Waals surface area contributed by atoms with Crippen LogP contribution in [0.3, 0.4) is 0 Å². The van der Waals surface area contributed by atoms with Gasteiger partial charge in [0.05, 0.1) is 24.9 Å². The Hall–Kier alpha value is -2.32. The first kappa shape index (κ1) is 19.4. The lowest BCUT2D eigenvalue weighted by atomic mass is 10.2. The Kier molecular flexibility index (Phi) is 6.18. The lowest BCUT2D eigenvalue weighted by Crippen LogP contribution is -2.51. The van der Waals surface area contributed by atoms with Crippen molar-refractivity contribution in [2.45, 2.75) is 33.4 Å². The number of hydrogen-bond acceptors (Lipinski definition) is 4. The van der Waals surface area contributed by atoms with Crippen LogP contribution in [0.1, 0.15) is 23.9 Å². The number of aromatic nitrogens is 1. The molecular formula is C19H26N4O3S.